The van der Waals surface area contributed by atoms with Gasteiger partial charge in [0.05, 0.1) is 0 Å². The minimum atomic E-state index is -0.948. The number of hydrogen-bond donors (Lipinski definition) is 3. The van der Waals surface area contributed by atoms with Gasteiger partial charge < -0.3 is 0 Å². The van der Waals surface area contributed by atoms with Gasteiger partial charge in [-0.05, 0) is 0 Å². The van der Waals surface area contributed by atoms with Crippen molar-refractivity contribution >= 4 is 26.9 Å². The van der Waals surface area contributed by atoms with E-state index in [-0.39, 0.29) is 20.9 Å². The molecule has 6 nitrogen and oxygen atoms in total. The molecule has 1 aromatic rings. The van der Waals surface area contributed by atoms with Crippen LogP contribution in [0.5, 0.6) is 0 Å². The molecule has 0 aliphatic rings. The van der Waals surface area contributed by atoms with E-state index in [1.54, 1.807) is 0 Å². The molecule has 0 spiro atoms. The number of esters is 1. The number of carboxylic acids is 1. The molecule has 22 heavy (non-hydrogen) atoms. The standard InChI is InChI=1S/C15H22N2O4Se/c16-13(15(19)20)11-22-9-8-17-7-6-14(18)21-10-12-4-2-1-3-5-12/h1-5,13,17H,6-11,16H2,(H,19,20). The van der Waals surface area contributed by atoms with Crippen molar-refractivity contribution in [2.45, 2.75) is 29.7 Å². The topological polar surface area (TPSA) is 102 Å². The Morgan fingerprint density at radius 2 is 2.00 bits per heavy atom. The van der Waals surface area contributed by atoms with E-state index in [9.17, 15) is 9.59 Å². The van der Waals surface area contributed by atoms with Crippen molar-refractivity contribution in [3.05, 3.63) is 35.9 Å². The Hall–Kier alpha value is -1.40. The van der Waals surface area contributed by atoms with Crippen LogP contribution in [0.3, 0.4) is 0 Å². The molecule has 7 heteroatoms. The molecule has 0 bridgehead atoms. The summed E-state index contributed by atoms with van der Waals surface area (Å²) in [6.07, 6.45) is 0.328. The van der Waals surface area contributed by atoms with Gasteiger partial charge in [-0.25, -0.2) is 0 Å². The Balaban J connectivity index is 1.96. The second-order valence-electron chi connectivity index (χ2n) is 4.67. The van der Waals surface area contributed by atoms with Crippen molar-refractivity contribution in [3.8, 4) is 0 Å². The van der Waals surface area contributed by atoms with Gasteiger partial charge in [0.1, 0.15) is 0 Å². The number of hydrogen-bond acceptors (Lipinski definition) is 5. The average molecular weight is 373 g/mol. The van der Waals surface area contributed by atoms with Crippen LogP contribution in [-0.2, 0) is 20.9 Å². The van der Waals surface area contributed by atoms with Crippen LogP contribution >= 0.6 is 0 Å². The first-order chi connectivity index (χ1) is 10.6. The van der Waals surface area contributed by atoms with E-state index in [0.29, 0.717) is 24.9 Å². The fourth-order valence-corrected chi connectivity index (χ4v) is 3.34. The molecule has 0 fully saturated rings. The maximum absolute atomic E-state index is 11.5. The Bertz CT molecular complexity index is 456. The van der Waals surface area contributed by atoms with E-state index in [1.807, 2.05) is 30.3 Å². The maximum atomic E-state index is 11.5. The molecule has 4 N–H and O–H groups in total. The molecule has 1 rings (SSSR count). The first-order valence-corrected chi connectivity index (χ1v) is 9.48. The molecule has 0 heterocycles. The van der Waals surface area contributed by atoms with Crippen molar-refractivity contribution in [1.82, 2.24) is 5.32 Å². The molecule has 0 aliphatic heterocycles. The Morgan fingerprint density at radius 1 is 1.27 bits per heavy atom. The second-order valence-corrected chi connectivity index (χ2v) is 7.08. The zero-order valence-corrected chi connectivity index (χ0v) is 14.1. The predicted molar refractivity (Wildman–Crippen MR) is 84.7 cm³/mol. The van der Waals surface area contributed by atoms with Gasteiger partial charge in [0.15, 0.2) is 0 Å². The van der Waals surface area contributed by atoms with Crippen LogP contribution in [-0.4, -0.2) is 51.1 Å². The van der Waals surface area contributed by atoms with Crippen molar-refractivity contribution in [1.29, 1.82) is 0 Å². The molecular weight excluding hydrogens is 351 g/mol. The monoisotopic (exact) mass is 374 g/mol. The van der Waals surface area contributed by atoms with E-state index in [1.165, 1.54) is 0 Å². The first-order valence-electron chi connectivity index (χ1n) is 7.06. The van der Waals surface area contributed by atoms with Crippen LogP contribution in [0.1, 0.15) is 12.0 Å². The summed E-state index contributed by atoms with van der Waals surface area (Å²) in [5, 5.41) is 13.2. The number of carbonyl (C=O) groups is 2. The molecule has 0 saturated carbocycles. The van der Waals surface area contributed by atoms with E-state index in [4.69, 9.17) is 15.6 Å². The van der Waals surface area contributed by atoms with Crippen LogP contribution in [0.15, 0.2) is 30.3 Å². The molecule has 0 saturated heterocycles. The van der Waals surface area contributed by atoms with Crippen LogP contribution in [0.4, 0.5) is 0 Å². The van der Waals surface area contributed by atoms with Crippen molar-refractivity contribution in [2.24, 2.45) is 5.73 Å². The van der Waals surface area contributed by atoms with Gasteiger partial charge in [-0.1, -0.05) is 0 Å². The van der Waals surface area contributed by atoms with Crippen LogP contribution < -0.4 is 11.1 Å². The zero-order valence-electron chi connectivity index (χ0n) is 12.4. The fraction of sp³-hybridized carbons (Fsp3) is 0.467. The molecule has 122 valence electrons. The van der Waals surface area contributed by atoms with Crippen molar-refractivity contribution in [3.63, 3.8) is 0 Å². The van der Waals surface area contributed by atoms with Gasteiger partial charge in [-0.15, -0.1) is 0 Å². The Labute approximate surface area is 136 Å². The molecule has 1 aromatic carbocycles. The number of nitrogens with two attached hydrogens (primary N) is 1. The van der Waals surface area contributed by atoms with Gasteiger partial charge in [-0.2, -0.15) is 0 Å². The summed E-state index contributed by atoms with van der Waals surface area (Å²) in [6, 6.07) is 8.80. The van der Waals surface area contributed by atoms with Crippen LogP contribution in [0.25, 0.3) is 0 Å². The van der Waals surface area contributed by atoms with Crippen molar-refractivity contribution in [2.75, 3.05) is 13.1 Å². The molecule has 0 amide bonds. The van der Waals surface area contributed by atoms with Gasteiger partial charge in [0.25, 0.3) is 0 Å². The second kappa shape index (κ2) is 11.2. The van der Waals surface area contributed by atoms with Crippen molar-refractivity contribution < 1.29 is 19.4 Å². The number of benzene rings is 1. The SMILES string of the molecule is NC(C[Se]CCNCCC(=O)OCc1ccccc1)C(=O)O. The van der Waals surface area contributed by atoms with E-state index >= 15 is 0 Å². The number of carbonyl (C=O) groups excluding carboxylic acids is 1. The average Bonchev–Trinajstić information content (AvgIpc) is 2.52. The minimum absolute atomic E-state index is 0.207. The van der Waals surface area contributed by atoms with Gasteiger partial charge in [0, 0.05) is 0 Å². The van der Waals surface area contributed by atoms with Crippen LogP contribution in [0.2, 0.25) is 10.6 Å². The zero-order chi connectivity index (χ0) is 16.2. The summed E-state index contributed by atoms with van der Waals surface area (Å²) in [5.41, 5.74) is 6.39. The quantitative estimate of drug-likeness (QED) is 0.299. The third-order valence-corrected chi connectivity index (χ3v) is 5.07. The van der Waals surface area contributed by atoms with E-state index < -0.39 is 12.0 Å². The number of aliphatic carboxylic acids is 1. The Kier molecular flexibility index (Phi) is 9.50. The van der Waals surface area contributed by atoms with Crippen LogP contribution in [0, 0.1) is 0 Å². The van der Waals surface area contributed by atoms with Gasteiger partial charge in [0.2, 0.25) is 0 Å². The molecule has 0 aromatic heterocycles. The third-order valence-electron chi connectivity index (χ3n) is 2.79. The molecule has 0 radical (unpaired) electrons. The Morgan fingerprint density at radius 3 is 2.68 bits per heavy atom. The summed E-state index contributed by atoms with van der Waals surface area (Å²) in [5.74, 6) is -1.18. The number of nitrogens with one attached hydrogen (secondary N) is 1. The van der Waals surface area contributed by atoms with Gasteiger partial charge in [-0.3, -0.25) is 0 Å². The number of rotatable bonds is 11. The third kappa shape index (κ3) is 8.79. The molecule has 0 aliphatic carbocycles. The number of carboxylic acid groups (broad SMARTS) is 1. The van der Waals surface area contributed by atoms with E-state index in [0.717, 1.165) is 17.4 Å². The summed E-state index contributed by atoms with van der Waals surface area (Å²) >= 11 is 0.207. The summed E-state index contributed by atoms with van der Waals surface area (Å²) in [7, 11) is 0. The molecule has 1 atom stereocenters. The summed E-state index contributed by atoms with van der Waals surface area (Å²) < 4.78 is 5.16. The molecular formula is C15H22N2O4Se. The number of ether oxygens (including phenoxy) is 1. The molecule has 1 unspecified atom stereocenters. The summed E-state index contributed by atoms with van der Waals surface area (Å²) in [4.78, 5) is 22.1. The normalized spacial score (nSPS) is 11.9. The van der Waals surface area contributed by atoms with E-state index in [2.05, 4.69) is 5.32 Å². The van der Waals surface area contributed by atoms with Gasteiger partial charge >= 0.3 is 136 Å². The predicted octanol–water partition coefficient (Wildman–Crippen LogP) is 0.662. The first kappa shape index (κ1) is 18.6. The fourth-order valence-electron chi connectivity index (χ4n) is 1.55. The summed E-state index contributed by atoms with van der Waals surface area (Å²) in [6.45, 7) is 1.63.